The molecule has 4 nitrogen and oxygen atoms in total. The van der Waals surface area contributed by atoms with E-state index >= 15 is 0 Å². The van der Waals surface area contributed by atoms with Gasteiger partial charge < -0.3 is 9.11 Å². The molecule has 45 valence electrons. The summed E-state index contributed by atoms with van der Waals surface area (Å²) in [5.74, 6) is 0. The number of hydrogen-bond acceptors (Lipinski definition) is 4. The van der Waals surface area contributed by atoms with Crippen LogP contribution in [0.2, 0.25) is 0 Å². The first-order chi connectivity index (χ1) is 2.00. The molecule has 0 aliphatic carbocycles. The van der Waals surface area contributed by atoms with Gasteiger partial charge in [0.1, 0.15) is 0 Å². The van der Waals surface area contributed by atoms with Crippen molar-refractivity contribution in [3.63, 3.8) is 0 Å². The van der Waals surface area contributed by atoms with Crippen molar-refractivity contribution in [2.75, 3.05) is 0 Å². The largest absolute Gasteiger partial charge is 2.00 e. The predicted molar refractivity (Wildman–Crippen MR) is 21.6 cm³/mol. The fraction of sp³-hybridized carbons (Fsp3) is 0. The fourth-order valence-electron chi connectivity index (χ4n) is 0. The van der Waals surface area contributed by atoms with E-state index in [1.54, 1.807) is 0 Å². The van der Waals surface area contributed by atoms with Crippen molar-refractivity contribution in [3.8, 4) is 0 Å². The second kappa shape index (κ2) is 4.97. The summed E-state index contributed by atoms with van der Waals surface area (Å²) in [6, 6.07) is 0. The Morgan fingerprint density at radius 3 is 1.14 bits per heavy atom. The topological polar surface area (TPSA) is 80.3 Å². The van der Waals surface area contributed by atoms with Gasteiger partial charge in [0.25, 0.3) is 0 Å². The Kier molecular flexibility index (Phi) is 11.1. The SMILES string of the molecule is O=S(=O)([O-])[O-].P.[Mn+2]. The molecule has 0 aliphatic rings. The second-order valence-electron chi connectivity index (χ2n) is 0.408. The van der Waals surface area contributed by atoms with Gasteiger partial charge in [0.2, 0.25) is 0 Å². The van der Waals surface area contributed by atoms with Crippen molar-refractivity contribution >= 4 is 20.3 Å². The van der Waals surface area contributed by atoms with E-state index in [1.165, 1.54) is 0 Å². The molecule has 0 aromatic heterocycles. The van der Waals surface area contributed by atoms with E-state index in [0.717, 1.165) is 0 Å². The smallest absolute Gasteiger partial charge is 0.759 e. The van der Waals surface area contributed by atoms with Gasteiger partial charge >= 0.3 is 17.1 Å². The number of rotatable bonds is 0. The van der Waals surface area contributed by atoms with E-state index in [1.807, 2.05) is 0 Å². The van der Waals surface area contributed by atoms with Crippen LogP contribution in [0.1, 0.15) is 0 Å². The zero-order chi connectivity index (χ0) is 4.50. The van der Waals surface area contributed by atoms with Crippen LogP contribution in [0, 0.1) is 0 Å². The minimum absolute atomic E-state index is 0. The molecular formula is H3MnO4PS. The van der Waals surface area contributed by atoms with Crippen molar-refractivity contribution in [2.45, 2.75) is 0 Å². The van der Waals surface area contributed by atoms with E-state index in [9.17, 15) is 0 Å². The molecule has 1 atom stereocenters. The molecule has 7 heteroatoms. The van der Waals surface area contributed by atoms with Gasteiger partial charge in [0, 0.05) is 10.4 Å². The third-order valence-electron chi connectivity index (χ3n) is 0. The van der Waals surface area contributed by atoms with Crippen LogP contribution in [0.25, 0.3) is 0 Å². The van der Waals surface area contributed by atoms with Gasteiger partial charge in [-0.2, -0.15) is 9.90 Å². The molecule has 0 aromatic carbocycles. The van der Waals surface area contributed by atoms with E-state index < -0.39 is 10.4 Å². The Hall–Kier alpha value is 0.819. The van der Waals surface area contributed by atoms with Crippen molar-refractivity contribution in [1.29, 1.82) is 0 Å². The average Bonchev–Trinajstić information content (AvgIpc) is 0.722. The monoisotopic (exact) mass is 185 g/mol. The van der Waals surface area contributed by atoms with Crippen LogP contribution in [0.15, 0.2) is 0 Å². The molecule has 0 bridgehead atoms. The predicted octanol–water partition coefficient (Wildman–Crippen LogP) is -1.28. The molecule has 0 rings (SSSR count). The first-order valence-electron chi connectivity index (χ1n) is 0.667. The van der Waals surface area contributed by atoms with Crippen LogP contribution < -0.4 is 0 Å². The van der Waals surface area contributed by atoms with Crippen LogP contribution in [0.5, 0.6) is 0 Å². The van der Waals surface area contributed by atoms with Gasteiger partial charge in [-0.1, -0.05) is 0 Å². The van der Waals surface area contributed by atoms with E-state index in [0.29, 0.717) is 0 Å². The fourth-order valence-corrected chi connectivity index (χ4v) is 0. The first kappa shape index (κ1) is 15.7. The van der Waals surface area contributed by atoms with Gasteiger partial charge in [0.15, 0.2) is 0 Å². The van der Waals surface area contributed by atoms with Gasteiger partial charge in [-0.25, -0.2) is 0 Å². The summed E-state index contributed by atoms with van der Waals surface area (Å²) in [5.41, 5.74) is 0. The summed E-state index contributed by atoms with van der Waals surface area (Å²) in [6.45, 7) is 0. The molecule has 0 fully saturated rings. The standard InChI is InChI=1S/Mn.H2O4S.H3P/c;1-5(2,3)4;/h;(H2,1,2,3,4);1H3/q+2;;/p-2. The number of hydrogen-bond donors (Lipinski definition) is 0. The van der Waals surface area contributed by atoms with E-state index in [2.05, 4.69) is 0 Å². The maximum Gasteiger partial charge on any atom is 2.00 e. The summed E-state index contributed by atoms with van der Waals surface area (Å²) in [4.78, 5) is 0. The Morgan fingerprint density at radius 2 is 1.14 bits per heavy atom. The summed E-state index contributed by atoms with van der Waals surface area (Å²) in [7, 11) is -5.17. The minimum Gasteiger partial charge on any atom is -0.759 e. The molecule has 0 amide bonds. The van der Waals surface area contributed by atoms with E-state index in [-0.39, 0.29) is 27.0 Å². The Labute approximate surface area is 55.4 Å². The van der Waals surface area contributed by atoms with Crippen LogP contribution >= 0.6 is 9.90 Å². The normalized spacial score (nSPS) is 8.29. The summed E-state index contributed by atoms with van der Waals surface area (Å²) in [5, 5.41) is 0. The first-order valence-corrected chi connectivity index (χ1v) is 2.00. The maximum atomic E-state index is 8.52. The Bertz CT molecular complexity index is 94.9. The Balaban J connectivity index is -0.0000000800. The third-order valence-corrected chi connectivity index (χ3v) is 0. The van der Waals surface area contributed by atoms with Crippen LogP contribution in [0.4, 0.5) is 0 Å². The van der Waals surface area contributed by atoms with Gasteiger partial charge in [-0.15, -0.1) is 0 Å². The second-order valence-corrected chi connectivity index (χ2v) is 1.22. The molecule has 0 aromatic rings. The molecule has 0 spiro atoms. The average molecular weight is 185 g/mol. The third kappa shape index (κ3) is 236. The van der Waals surface area contributed by atoms with Gasteiger partial charge in [-0.3, -0.25) is 8.42 Å². The van der Waals surface area contributed by atoms with Crippen molar-refractivity contribution in [1.82, 2.24) is 0 Å². The quantitative estimate of drug-likeness (QED) is 0.203. The summed E-state index contributed by atoms with van der Waals surface area (Å²) in [6.07, 6.45) is 0. The van der Waals surface area contributed by atoms with Crippen LogP contribution in [-0.4, -0.2) is 17.5 Å². The molecule has 0 N–H and O–H groups in total. The van der Waals surface area contributed by atoms with Crippen molar-refractivity contribution < 1.29 is 34.6 Å². The molecule has 1 unspecified atom stereocenters. The zero-order valence-electron chi connectivity index (χ0n) is 3.13. The Morgan fingerprint density at radius 1 is 1.14 bits per heavy atom. The maximum absolute atomic E-state index is 8.52. The summed E-state index contributed by atoms with van der Waals surface area (Å²) >= 11 is 0. The minimum atomic E-state index is -5.17. The molecule has 0 saturated carbocycles. The molecule has 0 aliphatic heterocycles. The molecule has 1 radical (unpaired) electrons. The van der Waals surface area contributed by atoms with Crippen molar-refractivity contribution in [2.24, 2.45) is 0 Å². The van der Waals surface area contributed by atoms with E-state index in [4.69, 9.17) is 17.5 Å². The molecule has 7 heavy (non-hydrogen) atoms. The van der Waals surface area contributed by atoms with Gasteiger partial charge in [-0.05, 0) is 0 Å². The van der Waals surface area contributed by atoms with Gasteiger partial charge in [0.05, 0.1) is 0 Å². The van der Waals surface area contributed by atoms with Crippen LogP contribution in [0.3, 0.4) is 0 Å². The zero-order valence-corrected chi connectivity index (χ0v) is 6.54. The summed E-state index contributed by atoms with van der Waals surface area (Å²) < 4.78 is 34.1. The molecule has 0 heterocycles. The molecule has 0 saturated heterocycles. The van der Waals surface area contributed by atoms with Crippen LogP contribution in [-0.2, 0) is 27.5 Å². The molecular weight excluding hydrogens is 182 g/mol. The van der Waals surface area contributed by atoms with Crippen molar-refractivity contribution in [3.05, 3.63) is 0 Å².